The van der Waals surface area contributed by atoms with E-state index in [1.165, 1.54) is 6.21 Å². The van der Waals surface area contributed by atoms with Gasteiger partial charge in [-0.3, -0.25) is 5.43 Å². The lowest BCUT2D eigenvalue weighted by molar-refractivity contribution is -0.0326. The number of aliphatic imine (C=N–C) groups is 1. The van der Waals surface area contributed by atoms with Gasteiger partial charge in [-0.1, -0.05) is 0 Å². The molecule has 0 bridgehead atoms. The van der Waals surface area contributed by atoms with Crippen molar-refractivity contribution in [2.75, 3.05) is 13.2 Å². The molecule has 0 spiro atoms. The molecular weight excluding hydrogens is 228 g/mol. The summed E-state index contributed by atoms with van der Waals surface area (Å²) in [6.07, 6.45) is -2.50. The number of hydrogen-bond donors (Lipinski definition) is 5. The highest BCUT2D eigenvalue weighted by molar-refractivity contribution is 5.90. The molecule has 1 heterocycles. The Bertz CT molecular complexity index is 297. The van der Waals surface area contributed by atoms with Gasteiger partial charge in [-0.05, 0) is 6.92 Å². The van der Waals surface area contributed by atoms with Crippen molar-refractivity contribution in [2.24, 2.45) is 15.8 Å². The van der Waals surface area contributed by atoms with E-state index < -0.39 is 24.5 Å². The molecule has 0 saturated carbocycles. The Morgan fingerprint density at radius 3 is 2.65 bits per heavy atom. The monoisotopic (exact) mass is 246 g/mol. The average Bonchev–Trinajstić information content (AvgIpc) is 2.61. The van der Waals surface area contributed by atoms with Crippen LogP contribution in [-0.2, 0) is 4.74 Å². The number of nitrogens with zero attached hydrogens (tertiary/aromatic N) is 2. The van der Waals surface area contributed by atoms with Crippen LogP contribution in [0.15, 0.2) is 10.1 Å². The molecule has 17 heavy (non-hydrogen) atoms. The minimum atomic E-state index is -1.17. The smallest absolute Gasteiger partial charge is 0.171 e. The van der Waals surface area contributed by atoms with Crippen molar-refractivity contribution < 1.29 is 20.1 Å². The van der Waals surface area contributed by atoms with Crippen LogP contribution in [0.4, 0.5) is 0 Å². The van der Waals surface area contributed by atoms with Crippen LogP contribution >= 0.6 is 0 Å². The van der Waals surface area contributed by atoms with E-state index in [2.05, 4.69) is 15.5 Å². The maximum Gasteiger partial charge on any atom is 0.171 e. The number of aliphatic hydroxyl groups excluding tert-OH is 3. The van der Waals surface area contributed by atoms with E-state index >= 15 is 0 Å². The second kappa shape index (κ2) is 6.62. The summed E-state index contributed by atoms with van der Waals surface area (Å²) in [5, 5.41) is 31.8. The minimum absolute atomic E-state index is 0.131. The summed E-state index contributed by atoms with van der Waals surface area (Å²) in [5.74, 6) is 0.338. The van der Waals surface area contributed by atoms with E-state index in [4.69, 9.17) is 15.6 Å². The van der Waals surface area contributed by atoms with Crippen LogP contribution in [0.2, 0.25) is 0 Å². The molecule has 0 aromatic rings. The third-order valence-electron chi connectivity index (χ3n) is 2.32. The van der Waals surface area contributed by atoms with Crippen molar-refractivity contribution >= 4 is 12.1 Å². The SMILES string of the molecule is CC=N/C(CN)=N\NC1OC(CO)C(O)C1O. The molecule has 1 saturated heterocycles. The van der Waals surface area contributed by atoms with Gasteiger partial charge in [-0.2, -0.15) is 5.10 Å². The lowest BCUT2D eigenvalue weighted by Crippen LogP contribution is -2.39. The predicted octanol–water partition coefficient (Wildman–Crippen LogP) is -2.62. The Morgan fingerprint density at radius 1 is 1.47 bits per heavy atom. The van der Waals surface area contributed by atoms with Crippen LogP contribution in [-0.4, -0.2) is 65.1 Å². The van der Waals surface area contributed by atoms with Gasteiger partial charge in [0.25, 0.3) is 0 Å². The summed E-state index contributed by atoms with van der Waals surface area (Å²) >= 11 is 0. The van der Waals surface area contributed by atoms with Gasteiger partial charge in [0, 0.05) is 6.21 Å². The van der Waals surface area contributed by atoms with E-state index in [-0.39, 0.29) is 13.2 Å². The fourth-order valence-corrected chi connectivity index (χ4v) is 1.42. The number of ether oxygens (including phenoxy) is 1. The standard InChI is InChI=1S/C9H18N4O4/c1-2-11-6(3-10)12-13-9-8(16)7(15)5(4-14)17-9/h2,5,7-9,13-16H,3-4,10H2,1H3/b11-2?,12-6-. The Hall–Kier alpha value is -1.06. The Morgan fingerprint density at radius 2 is 2.18 bits per heavy atom. The van der Waals surface area contributed by atoms with E-state index in [0.29, 0.717) is 5.84 Å². The zero-order valence-corrected chi connectivity index (χ0v) is 9.52. The summed E-state index contributed by atoms with van der Waals surface area (Å²) in [4.78, 5) is 3.88. The number of hydrazone groups is 1. The van der Waals surface area contributed by atoms with Crippen LogP contribution in [0.25, 0.3) is 0 Å². The molecule has 0 radical (unpaired) electrons. The molecule has 0 aromatic carbocycles. The van der Waals surface area contributed by atoms with Crippen molar-refractivity contribution in [2.45, 2.75) is 31.5 Å². The van der Waals surface area contributed by atoms with E-state index in [0.717, 1.165) is 0 Å². The molecule has 0 amide bonds. The van der Waals surface area contributed by atoms with Crippen molar-refractivity contribution in [3.8, 4) is 0 Å². The molecule has 1 rings (SSSR count). The van der Waals surface area contributed by atoms with Crippen molar-refractivity contribution in [3.05, 3.63) is 0 Å². The zero-order chi connectivity index (χ0) is 12.8. The van der Waals surface area contributed by atoms with Gasteiger partial charge >= 0.3 is 0 Å². The number of amidine groups is 1. The third-order valence-corrected chi connectivity index (χ3v) is 2.32. The van der Waals surface area contributed by atoms with Crippen LogP contribution < -0.4 is 11.2 Å². The molecule has 4 atom stereocenters. The molecule has 1 aliphatic heterocycles. The molecule has 1 aliphatic rings. The second-order valence-electron chi connectivity index (χ2n) is 3.51. The van der Waals surface area contributed by atoms with Crippen molar-refractivity contribution in [1.82, 2.24) is 5.43 Å². The number of aliphatic hydroxyl groups is 3. The van der Waals surface area contributed by atoms with Gasteiger partial charge in [-0.15, -0.1) is 0 Å². The molecule has 0 aromatic heterocycles. The van der Waals surface area contributed by atoms with Crippen LogP contribution in [0.5, 0.6) is 0 Å². The van der Waals surface area contributed by atoms with Gasteiger partial charge in [0.1, 0.15) is 18.3 Å². The highest BCUT2D eigenvalue weighted by Gasteiger charge is 2.42. The topological polar surface area (TPSA) is 133 Å². The van der Waals surface area contributed by atoms with Crippen LogP contribution in [0, 0.1) is 0 Å². The van der Waals surface area contributed by atoms with E-state index in [9.17, 15) is 10.2 Å². The zero-order valence-electron chi connectivity index (χ0n) is 9.52. The highest BCUT2D eigenvalue weighted by atomic mass is 16.6. The summed E-state index contributed by atoms with van der Waals surface area (Å²) < 4.78 is 5.15. The lowest BCUT2D eigenvalue weighted by atomic mass is 10.1. The molecule has 1 fully saturated rings. The first-order chi connectivity index (χ1) is 8.13. The van der Waals surface area contributed by atoms with E-state index in [1.807, 2.05) is 0 Å². The minimum Gasteiger partial charge on any atom is -0.394 e. The van der Waals surface area contributed by atoms with Crippen LogP contribution in [0.3, 0.4) is 0 Å². The highest BCUT2D eigenvalue weighted by Crippen LogP contribution is 2.19. The maximum absolute atomic E-state index is 9.59. The fourth-order valence-electron chi connectivity index (χ4n) is 1.42. The molecular formula is C9H18N4O4. The first kappa shape index (κ1) is 14.0. The second-order valence-corrected chi connectivity index (χ2v) is 3.51. The Kier molecular flexibility index (Phi) is 5.45. The normalized spacial score (nSPS) is 34.5. The van der Waals surface area contributed by atoms with Gasteiger partial charge in [0.15, 0.2) is 12.1 Å². The summed E-state index contributed by atoms with van der Waals surface area (Å²) in [6, 6.07) is 0. The summed E-state index contributed by atoms with van der Waals surface area (Å²) in [5.41, 5.74) is 7.89. The number of rotatable bonds is 4. The van der Waals surface area contributed by atoms with Gasteiger partial charge < -0.3 is 25.8 Å². The molecule has 6 N–H and O–H groups in total. The largest absolute Gasteiger partial charge is 0.394 e. The van der Waals surface area contributed by atoms with Crippen molar-refractivity contribution in [3.63, 3.8) is 0 Å². The van der Waals surface area contributed by atoms with Gasteiger partial charge in [0.2, 0.25) is 0 Å². The molecule has 98 valence electrons. The van der Waals surface area contributed by atoms with Gasteiger partial charge in [0.05, 0.1) is 13.2 Å². The average molecular weight is 246 g/mol. The molecule has 8 heteroatoms. The predicted molar refractivity (Wildman–Crippen MR) is 61.6 cm³/mol. The van der Waals surface area contributed by atoms with Crippen LogP contribution in [0.1, 0.15) is 6.92 Å². The number of nitrogens with one attached hydrogen (secondary N) is 1. The Balaban J connectivity index is 2.58. The number of hydrogen-bond acceptors (Lipinski definition) is 7. The number of nitrogens with two attached hydrogens (primary N) is 1. The summed E-state index contributed by atoms with van der Waals surface area (Å²) in [7, 11) is 0. The summed E-state index contributed by atoms with van der Waals surface area (Å²) in [6.45, 7) is 1.47. The van der Waals surface area contributed by atoms with E-state index in [1.54, 1.807) is 6.92 Å². The first-order valence-electron chi connectivity index (χ1n) is 5.27. The lowest BCUT2D eigenvalue weighted by Gasteiger charge is -2.14. The fraction of sp³-hybridized carbons (Fsp3) is 0.778. The quantitative estimate of drug-likeness (QED) is 0.209. The first-order valence-corrected chi connectivity index (χ1v) is 5.27. The third kappa shape index (κ3) is 3.45. The maximum atomic E-state index is 9.59. The van der Waals surface area contributed by atoms with Gasteiger partial charge in [-0.25, -0.2) is 4.99 Å². The Labute approximate surface area is 98.8 Å². The molecule has 0 aliphatic carbocycles. The van der Waals surface area contributed by atoms with Crippen molar-refractivity contribution in [1.29, 1.82) is 0 Å². The molecule has 4 unspecified atom stereocenters. The molecule has 8 nitrogen and oxygen atoms in total.